The van der Waals surface area contributed by atoms with Gasteiger partial charge in [0.1, 0.15) is 11.8 Å². The number of benzene rings is 1. The molecule has 0 bridgehead atoms. The van der Waals surface area contributed by atoms with Gasteiger partial charge in [-0.05, 0) is 6.07 Å². The fraction of sp³-hybridized carbons (Fsp3) is 0.429. The van der Waals surface area contributed by atoms with Crippen molar-refractivity contribution < 1.29 is 24.5 Å². The Morgan fingerprint density at radius 2 is 2.14 bits per heavy atom. The minimum absolute atomic E-state index is 0.0346. The predicted octanol–water partition coefficient (Wildman–Crippen LogP) is 0.645. The van der Waals surface area contributed by atoms with Crippen molar-refractivity contribution in [2.75, 3.05) is 13.2 Å². The highest BCUT2D eigenvalue weighted by atomic mass is 16.5. The summed E-state index contributed by atoms with van der Waals surface area (Å²) in [4.78, 5) is 22.8. The zero-order valence-electron chi connectivity index (χ0n) is 11.4. The molecule has 0 fully saturated rings. The van der Waals surface area contributed by atoms with Gasteiger partial charge in [0.15, 0.2) is 0 Å². The second-order valence-electron chi connectivity index (χ2n) is 4.75. The van der Waals surface area contributed by atoms with E-state index in [0.717, 1.165) is 11.3 Å². The van der Waals surface area contributed by atoms with Gasteiger partial charge in [-0.25, -0.2) is 9.59 Å². The van der Waals surface area contributed by atoms with Crippen LogP contribution in [0.3, 0.4) is 0 Å². The van der Waals surface area contributed by atoms with Gasteiger partial charge in [-0.3, -0.25) is 0 Å². The Morgan fingerprint density at radius 1 is 1.38 bits per heavy atom. The molecule has 2 rings (SSSR count). The van der Waals surface area contributed by atoms with Crippen LogP contribution in [0.5, 0.6) is 5.75 Å². The molecule has 7 nitrogen and oxygen atoms in total. The minimum Gasteiger partial charge on any atom is -0.493 e. The van der Waals surface area contributed by atoms with E-state index in [9.17, 15) is 9.59 Å². The summed E-state index contributed by atoms with van der Waals surface area (Å²) in [6.45, 7) is 0.179. The maximum Gasteiger partial charge on any atom is 0.326 e. The van der Waals surface area contributed by atoms with Crippen LogP contribution in [0.1, 0.15) is 24.4 Å². The first kappa shape index (κ1) is 15.1. The quantitative estimate of drug-likeness (QED) is 0.637. The molecule has 0 radical (unpaired) electrons. The maximum atomic E-state index is 11.9. The molecular formula is C14H18N2O5. The number of hydrogen-bond donors (Lipinski definition) is 4. The number of aliphatic hydroxyl groups is 1. The zero-order chi connectivity index (χ0) is 15.2. The van der Waals surface area contributed by atoms with Gasteiger partial charge in [-0.1, -0.05) is 18.2 Å². The third-order valence-electron chi connectivity index (χ3n) is 3.29. The highest BCUT2D eigenvalue weighted by molar-refractivity contribution is 5.82. The molecule has 1 aromatic carbocycles. The van der Waals surface area contributed by atoms with Crippen LogP contribution in [0.25, 0.3) is 0 Å². The number of aliphatic carboxylic acids is 1. The van der Waals surface area contributed by atoms with Crippen LogP contribution in [0.15, 0.2) is 24.3 Å². The number of urea groups is 1. The Labute approximate surface area is 121 Å². The molecule has 1 aliphatic rings. The third-order valence-corrected chi connectivity index (χ3v) is 3.29. The van der Waals surface area contributed by atoms with Crippen molar-refractivity contribution in [1.82, 2.24) is 10.6 Å². The molecule has 114 valence electrons. The summed E-state index contributed by atoms with van der Waals surface area (Å²) >= 11 is 0. The number of amides is 2. The molecule has 0 saturated heterocycles. The number of para-hydroxylation sites is 1. The number of fused-ring (bicyclic) bond motifs is 1. The van der Waals surface area contributed by atoms with Crippen molar-refractivity contribution in [1.29, 1.82) is 0 Å². The van der Waals surface area contributed by atoms with Crippen LogP contribution >= 0.6 is 0 Å². The van der Waals surface area contributed by atoms with E-state index in [1.807, 2.05) is 24.3 Å². The van der Waals surface area contributed by atoms with E-state index < -0.39 is 18.0 Å². The van der Waals surface area contributed by atoms with Gasteiger partial charge in [-0.15, -0.1) is 0 Å². The van der Waals surface area contributed by atoms with E-state index in [2.05, 4.69) is 10.6 Å². The smallest absolute Gasteiger partial charge is 0.326 e. The molecule has 7 heteroatoms. The molecule has 0 aromatic heterocycles. The fourth-order valence-electron chi connectivity index (χ4n) is 2.24. The van der Waals surface area contributed by atoms with E-state index >= 15 is 0 Å². The number of carbonyl (C=O) groups excluding carboxylic acids is 1. The van der Waals surface area contributed by atoms with Gasteiger partial charge in [0.05, 0.1) is 12.6 Å². The zero-order valence-corrected chi connectivity index (χ0v) is 11.4. The highest BCUT2D eigenvalue weighted by Crippen LogP contribution is 2.31. The Bertz CT molecular complexity index is 520. The number of carboxylic acids is 1. The van der Waals surface area contributed by atoms with Gasteiger partial charge >= 0.3 is 12.0 Å². The number of nitrogens with one attached hydrogen (secondary N) is 2. The summed E-state index contributed by atoms with van der Waals surface area (Å²) in [6.07, 6.45) is 0.579. The summed E-state index contributed by atoms with van der Waals surface area (Å²) in [6, 6.07) is 5.49. The molecule has 1 unspecified atom stereocenters. The number of hydrogen-bond acceptors (Lipinski definition) is 4. The topological polar surface area (TPSA) is 108 Å². The lowest BCUT2D eigenvalue weighted by molar-refractivity contribution is -0.139. The van der Waals surface area contributed by atoms with Crippen molar-refractivity contribution >= 4 is 12.0 Å². The number of ether oxygens (including phenoxy) is 1. The predicted molar refractivity (Wildman–Crippen MR) is 74.1 cm³/mol. The summed E-state index contributed by atoms with van der Waals surface area (Å²) in [5.74, 6) is -0.453. The van der Waals surface area contributed by atoms with Gasteiger partial charge in [-0.2, -0.15) is 0 Å². The van der Waals surface area contributed by atoms with E-state index in [-0.39, 0.29) is 19.1 Å². The Hall–Kier alpha value is -2.28. The molecular weight excluding hydrogens is 276 g/mol. The first-order valence-electron chi connectivity index (χ1n) is 6.74. The summed E-state index contributed by atoms with van der Waals surface area (Å²) in [5, 5.41) is 22.8. The van der Waals surface area contributed by atoms with Crippen LogP contribution in [-0.4, -0.2) is 41.5 Å². The molecule has 1 aromatic rings. The molecule has 0 spiro atoms. The van der Waals surface area contributed by atoms with Crippen molar-refractivity contribution in [2.24, 2.45) is 0 Å². The fourth-order valence-corrected chi connectivity index (χ4v) is 2.24. The van der Waals surface area contributed by atoms with Crippen molar-refractivity contribution in [3.63, 3.8) is 0 Å². The van der Waals surface area contributed by atoms with E-state index in [4.69, 9.17) is 14.9 Å². The highest BCUT2D eigenvalue weighted by Gasteiger charge is 2.25. The molecule has 21 heavy (non-hydrogen) atoms. The summed E-state index contributed by atoms with van der Waals surface area (Å²) in [5.41, 5.74) is 0.868. The van der Waals surface area contributed by atoms with Crippen LogP contribution in [-0.2, 0) is 4.79 Å². The monoisotopic (exact) mass is 294 g/mol. The first-order chi connectivity index (χ1) is 10.1. The minimum atomic E-state index is -1.17. The molecule has 4 N–H and O–H groups in total. The lowest BCUT2D eigenvalue weighted by Crippen LogP contribution is -2.47. The van der Waals surface area contributed by atoms with Crippen molar-refractivity contribution in [3.8, 4) is 5.75 Å². The Morgan fingerprint density at radius 3 is 2.86 bits per heavy atom. The lowest BCUT2D eigenvalue weighted by atomic mass is 10.0. The van der Waals surface area contributed by atoms with E-state index in [1.165, 1.54) is 0 Å². The summed E-state index contributed by atoms with van der Waals surface area (Å²) in [7, 11) is 0. The van der Waals surface area contributed by atoms with Crippen LogP contribution in [0.4, 0.5) is 4.79 Å². The Balaban J connectivity index is 1.99. The number of rotatable bonds is 5. The summed E-state index contributed by atoms with van der Waals surface area (Å²) < 4.78 is 5.49. The normalized spacial score (nSPS) is 18.0. The maximum absolute atomic E-state index is 11.9. The average Bonchev–Trinajstić information content (AvgIpc) is 2.47. The number of aliphatic hydroxyl groups excluding tert-OH is 1. The van der Waals surface area contributed by atoms with E-state index in [0.29, 0.717) is 13.0 Å². The molecule has 0 aliphatic carbocycles. The second-order valence-corrected chi connectivity index (χ2v) is 4.75. The average molecular weight is 294 g/mol. The Kier molecular flexibility index (Phi) is 4.99. The lowest BCUT2D eigenvalue weighted by Gasteiger charge is -2.27. The van der Waals surface area contributed by atoms with E-state index in [1.54, 1.807) is 0 Å². The SMILES string of the molecule is O=C(NC1CCOc2ccccc21)N[C@@H](CCO)C(=O)O. The van der Waals surface area contributed by atoms with Crippen LogP contribution < -0.4 is 15.4 Å². The molecule has 2 atom stereocenters. The molecule has 0 saturated carbocycles. The van der Waals surface area contributed by atoms with Crippen LogP contribution in [0, 0.1) is 0 Å². The molecule has 1 heterocycles. The second kappa shape index (κ2) is 6.94. The van der Waals surface area contributed by atoms with Crippen molar-refractivity contribution in [2.45, 2.75) is 24.9 Å². The number of carboxylic acid groups (broad SMARTS) is 1. The van der Waals surface area contributed by atoms with Gasteiger partial charge in [0.2, 0.25) is 0 Å². The van der Waals surface area contributed by atoms with Crippen molar-refractivity contribution in [3.05, 3.63) is 29.8 Å². The largest absolute Gasteiger partial charge is 0.493 e. The molecule has 1 aliphatic heterocycles. The first-order valence-corrected chi connectivity index (χ1v) is 6.74. The van der Waals surface area contributed by atoms with Crippen LogP contribution in [0.2, 0.25) is 0 Å². The number of carbonyl (C=O) groups is 2. The van der Waals surface area contributed by atoms with Gasteiger partial charge in [0, 0.05) is 25.0 Å². The van der Waals surface area contributed by atoms with Gasteiger partial charge in [0.25, 0.3) is 0 Å². The standard InChI is InChI=1S/C14H18N2O5/c17-7-5-11(13(18)19)16-14(20)15-10-6-8-21-12-4-2-1-3-9(10)12/h1-4,10-11,17H,5-8H2,(H,18,19)(H2,15,16,20)/t10?,11-/m0/s1. The molecule has 2 amide bonds. The van der Waals surface area contributed by atoms with Gasteiger partial charge < -0.3 is 25.6 Å². The third kappa shape index (κ3) is 3.85.